The summed E-state index contributed by atoms with van der Waals surface area (Å²) in [5, 5.41) is 0. The summed E-state index contributed by atoms with van der Waals surface area (Å²) in [5.41, 5.74) is 3.49. The zero-order valence-electron chi connectivity index (χ0n) is 23.2. The van der Waals surface area contributed by atoms with Crippen LogP contribution in [-0.4, -0.2) is 72.9 Å². The van der Waals surface area contributed by atoms with E-state index in [0.717, 1.165) is 25.0 Å². The number of nitrogens with zero attached hydrogens (tertiary/aromatic N) is 6. The Morgan fingerprint density at radius 1 is 1.21 bits per heavy atom. The third kappa shape index (κ3) is 6.00. The Morgan fingerprint density at radius 2 is 2.00 bits per heavy atom. The van der Waals surface area contributed by atoms with E-state index in [1.54, 1.807) is 32.6 Å². The van der Waals surface area contributed by atoms with Gasteiger partial charge in [-0.1, -0.05) is 6.08 Å². The minimum absolute atomic E-state index is 0.0829. The number of likely N-dealkylation sites (tertiary alicyclic amines) is 1. The number of hydrogen-bond acceptors (Lipinski definition) is 8. The summed E-state index contributed by atoms with van der Waals surface area (Å²) < 4.78 is 26.7. The van der Waals surface area contributed by atoms with Crippen LogP contribution in [0.5, 0.6) is 11.5 Å². The van der Waals surface area contributed by atoms with Crippen molar-refractivity contribution in [1.82, 2.24) is 19.9 Å². The number of carbonyl (C=O) groups is 1. The third-order valence-corrected chi connectivity index (χ3v) is 6.90. The number of rotatable bonds is 11. The van der Waals surface area contributed by atoms with E-state index in [-0.39, 0.29) is 11.7 Å². The number of ether oxygens (including phenoxy) is 2. The summed E-state index contributed by atoms with van der Waals surface area (Å²) in [6, 6.07) is 5.19. The van der Waals surface area contributed by atoms with Crippen molar-refractivity contribution in [2.24, 2.45) is 4.99 Å². The molecule has 0 bridgehead atoms. The van der Waals surface area contributed by atoms with E-state index >= 15 is 4.39 Å². The van der Waals surface area contributed by atoms with E-state index < -0.39 is 5.82 Å². The number of aliphatic imine (C=N–C) groups is 1. The van der Waals surface area contributed by atoms with Crippen LogP contribution < -0.4 is 14.4 Å². The third-order valence-electron chi connectivity index (χ3n) is 6.90. The van der Waals surface area contributed by atoms with E-state index in [1.165, 1.54) is 7.11 Å². The molecule has 39 heavy (non-hydrogen) atoms. The van der Waals surface area contributed by atoms with Crippen LogP contribution in [0.2, 0.25) is 0 Å². The van der Waals surface area contributed by atoms with Crippen molar-refractivity contribution < 1.29 is 18.7 Å². The van der Waals surface area contributed by atoms with Crippen molar-refractivity contribution in [3.8, 4) is 11.5 Å². The zero-order valence-corrected chi connectivity index (χ0v) is 23.2. The van der Waals surface area contributed by atoms with E-state index in [0.29, 0.717) is 65.6 Å². The Balaban J connectivity index is 1.75. The smallest absolute Gasteiger partial charge is 0.222 e. The number of allylic oxidation sites excluding steroid dienone is 2. The minimum atomic E-state index is -0.498. The highest BCUT2D eigenvalue weighted by molar-refractivity contribution is 6.09. The molecule has 0 radical (unpaired) electrons. The second-order valence-corrected chi connectivity index (χ2v) is 9.31. The van der Waals surface area contributed by atoms with Gasteiger partial charge in [0.15, 0.2) is 17.2 Å². The monoisotopic (exact) mass is 534 g/mol. The first kappa shape index (κ1) is 27.9. The molecule has 1 aliphatic heterocycles. The fourth-order valence-electron chi connectivity index (χ4n) is 4.83. The van der Waals surface area contributed by atoms with Crippen LogP contribution in [0.1, 0.15) is 43.9 Å². The number of aromatic nitrogens is 3. The molecule has 3 heterocycles. The van der Waals surface area contributed by atoms with Gasteiger partial charge in [-0.2, -0.15) is 0 Å². The maximum absolute atomic E-state index is 15.9. The van der Waals surface area contributed by atoms with Gasteiger partial charge in [-0.3, -0.25) is 14.8 Å². The molecular formula is C29H35FN6O3. The SMILES string of the molecule is C/C=C(\C=N/C)c1cnc2ccc(N(CCCCN3CCCC3=O)c3c(C)c(OC)cc(OC)c3F)nc2n1. The molecule has 2 aromatic heterocycles. The maximum Gasteiger partial charge on any atom is 0.222 e. The predicted octanol–water partition coefficient (Wildman–Crippen LogP) is 5.13. The average molecular weight is 535 g/mol. The first-order valence-corrected chi connectivity index (χ1v) is 13.1. The van der Waals surface area contributed by atoms with Gasteiger partial charge in [0, 0.05) is 56.5 Å². The lowest BCUT2D eigenvalue weighted by Gasteiger charge is -2.28. The van der Waals surface area contributed by atoms with Crippen molar-refractivity contribution in [2.75, 3.05) is 45.8 Å². The standard InChI is InChI=1S/C29H35FN6O3/c1-6-20(17-31-3)22-18-32-21-11-12-25(34-29(21)33-22)36(15-8-7-13-35-14-9-10-26(35)37)28-19(2)23(38-4)16-24(39-5)27(28)30/h6,11-12,16-18H,7-10,13-15H2,1-5H3/b20-6+,31-17-. The van der Waals surface area contributed by atoms with Gasteiger partial charge in [0.2, 0.25) is 5.91 Å². The van der Waals surface area contributed by atoms with Crippen LogP contribution in [0.25, 0.3) is 16.7 Å². The maximum atomic E-state index is 15.9. The van der Waals surface area contributed by atoms with Crippen LogP contribution in [0, 0.1) is 12.7 Å². The first-order chi connectivity index (χ1) is 18.9. The molecule has 1 saturated heterocycles. The summed E-state index contributed by atoms with van der Waals surface area (Å²) in [4.78, 5) is 33.9. The van der Waals surface area contributed by atoms with Crippen LogP contribution in [0.15, 0.2) is 35.5 Å². The highest BCUT2D eigenvalue weighted by atomic mass is 19.1. The van der Waals surface area contributed by atoms with Gasteiger partial charge in [0.25, 0.3) is 0 Å². The van der Waals surface area contributed by atoms with E-state index in [2.05, 4.69) is 9.98 Å². The molecule has 9 nitrogen and oxygen atoms in total. The number of halogens is 1. The van der Waals surface area contributed by atoms with Crippen LogP contribution in [0.3, 0.4) is 0 Å². The summed E-state index contributed by atoms with van der Waals surface area (Å²) in [5.74, 6) is 0.817. The Bertz CT molecular complexity index is 1380. The highest BCUT2D eigenvalue weighted by Gasteiger charge is 2.25. The largest absolute Gasteiger partial charge is 0.496 e. The number of anilines is 2. The Hall–Kier alpha value is -4.08. The molecule has 3 aromatic rings. The van der Waals surface area contributed by atoms with E-state index in [4.69, 9.17) is 19.4 Å². The normalized spacial score (nSPS) is 14.1. The lowest BCUT2D eigenvalue weighted by Crippen LogP contribution is -2.27. The Morgan fingerprint density at radius 3 is 2.67 bits per heavy atom. The number of methoxy groups -OCH3 is 2. The fraction of sp³-hybridized carbons (Fsp3) is 0.414. The van der Waals surface area contributed by atoms with Gasteiger partial charge in [-0.15, -0.1) is 0 Å². The lowest BCUT2D eigenvalue weighted by molar-refractivity contribution is -0.127. The molecule has 1 aromatic carbocycles. The molecule has 10 heteroatoms. The molecule has 0 unspecified atom stereocenters. The predicted molar refractivity (Wildman–Crippen MR) is 152 cm³/mol. The van der Waals surface area contributed by atoms with Crippen molar-refractivity contribution in [2.45, 2.75) is 39.5 Å². The number of pyridine rings is 1. The van der Waals surface area contributed by atoms with Gasteiger partial charge >= 0.3 is 0 Å². The Kier molecular flexibility index (Phi) is 9.06. The number of carbonyl (C=O) groups excluding carboxylic acids is 1. The molecule has 1 aliphatic rings. The molecule has 0 N–H and O–H groups in total. The second-order valence-electron chi connectivity index (χ2n) is 9.31. The van der Waals surface area contributed by atoms with Crippen LogP contribution >= 0.6 is 0 Å². The van der Waals surface area contributed by atoms with E-state index in [1.807, 2.05) is 41.9 Å². The number of unbranched alkanes of at least 4 members (excludes halogenated alkanes) is 1. The van der Waals surface area contributed by atoms with Crippen molar-refractivity contribution in [3.63, 3.8) is 0 Å². The van der Waals surface area contributed by atoms with Gasteiger partial charge in [-0.05, 0) is 45.2 Å². The summed E-state index contributed by atoms with van der Waals surface area (Å²) in [7, 11) is 4.67. The molecule has 0 aliphatic carbocycles. The highest BCUT2D eigenvalue weighted by Crippen LogP contribution is 2.40. The fourth-order valence-corrected chi connectivity index (χ4v) is 4.83. The van der Waals surface area contributed by atoms with Gasteiger partial charge < -0.3 is 19.3 Å². The second kappa shape index (κ2) is 12.6. The minimum Gasteiger partial charge on any atom is -0.496 e. The number of hydrogen-bond donors (Lipinski definition) is 0. The molecule has 1 fully saturated rings. The quantitative estimate of drug-likeness (QED) is 0.249. The molecule has 0 saturated carbocycles. The molecule has 1 amide bonds. The van der Waals surface area contributed by atoms with Gasteiger partial charge in [-0.25, -0.2) is 14.4 Å². The number of amides is 1. The average Bonchev–Trinajstić information content (AvgIpc) is 3.36. The van der Waals surface area contributed by atoms with Crippen molar-refractivity contribution in [1.29, 1.82) is 0 Å². The summed E-state index contributed by atoms with van der Waals surface area (Å²) in [6.45, 7) is 5.67. The van der Waals surface area contributed by atoms with Crippen molar-refractivity contribution >= 4 is 40.4 Å². The topological polar surface area (TPSA) is 93.0 Å². The lowest BCUT2D eigenvalue weighted by atomic mass is 10.1. The van der Waals surface area contributed by atoms with Gasteiger partial charge in [0.1, 0.15) is 17.1 Å². The van der Waals surface area contributed by atoms with E-state index in [9.17, 15) is 4.79 Å². The van der Waals surface area contributed by atoms with Crippen LogP contribution in [-0.2, 0) is 4.79 Å². The molecule has 206 valence electrons. The molecule has 0 spiro atoms. The molecule has 4 rings (SSSR count). The Labute approximate surface area is 228 Å². The number of fused-ring (bicyclic) bond motifs is 1. The molecule has 0 atom stereocenters. The van der Waals surface area contributed by atoms with Crippen LogP contribution in [0.4, 0.5) is 15.9 Å². The summed E-state index contributed by atoms with van der Waals surface area (Å²) in [6.07, 6.45) is 8.33. The summed E-state index contributed by atoms with van der Waals surface area (Å²) >= 11 is 0. The van der Waals surface area contributed by atoms with Gasteiger partial charge in [0.05, 0.1) is 31.8 Å². The zero-order chi connectivity index (χ0) is 27.9. The van der Waals surface area contributed by atoms with Crippen molar-refractivity contribution in [3.05, 3.63) is 47.5 Å². The first-order valence-electron chi connectivity index (χ1n) is 13.1. The number of benzene rings is 1. The molecular weight excluding hydrogens is 499 g/mol.